The van der Waals surface area contributed by atoms with E-state index < -0.39 is 0 Å². The molecule has 0 radical (unpaired) electrons. The molecular weight excluding hydrogens is 248 g/mol. The van der Waals surface area contributed by atoms with E-state index in [2.05, 4.69) is 27.7 Å². The number of amides is 1. The monoisotopic (exact) mass is 280 g/mol. The molecule has 2 rings (SSSR count). The Morgan fingerprint density at radius 1 is 1.20 bits per heavy atom. The number of likely N-dealkylation sites (tertiary alicyclic amines) is 1. The van der Waals surface area contributed by atoms with E-state index >= 15 is 0 Å². The predicted molar refractivity (Wildman–Crippen MR) is 83.3 cm³/mol. The van der Waals surface area contributed by atoms with E-state index in [-0.39, 0.29) is 11.5 Å². The van der Waals surface area contributed by atoms with Crippen LogP contribution in [0.4, 0.5) is 0 Å². The highest BCUT2D eigenvalue weighted by Gasteiger charge is 2.43. The first-order chi connectivity index (χ1) is 9.25. The number of hydrogen-bond donors (Lipinski definition) is 1. The SMILES string of the molecule is CCCC1(N)CN(C(=O)C2CCC(C(C)(C)C)CC2)C1. The molecule has 0 atom stereocenters. The molecule has 0 aromatic heterocycles. The molecule has 2 aliphatic rings. The van der Waals surface area contributed by atoms with Crippen LogP contribution in [0, 0.1) is 17.3 Å². The van der Waals surface area contributed by atoms with Crippen molar-refractivity contribution in [2.75, 3.05) is 13.1 Å². The normalized spacial score (nSPS) is 29.9. The summed E-state index contributed by atoms with van der Waals surface area (Å²) in [5.41, 5.74) is 6.55. The third kappa shape index (κ3) is 3.36. The maximum Gasteiger partial charge on any atom is 0.225 e. The fraction of sp³-hybridized carbons (Fsp3) is 0.941. The lowest BCUT2D eigenvalue weighted by molar-refractivity contribution is -0.145. The van der Waals surface area contributed by atoms with Gasteiger partial charge in [-0.2, -0.15) is 0 Å². The molecule has 0 unspecified atom stereocenters. The van der Waals surface area contributed by atoms with Crippen LogP contribution in [-0.2, 0) is 4.79 Å². The number of carbonyl (C=O) groups is 1. The summed E-state index contributed by atoms with van der Waals surface area (Å²) in [5, 5.41) is 0. The van der Waals surface area contributed by atoms with Gasteiger partial charge in [-0.25, -0.2) is 0 Å². The lowest BCUT2D eigenvalue weighted by atomic mass is 9.69. The van der Waals surface area contributed by atoms with E-state index in [1.54, 1.807) is 0 Å². The van der Waals surface area contributed by atoms with Crippen LogP contribution in [-0.4, -0.2) is 29.4 Å². The van der Waals surface area contributed by atoms with Crippen molar-refractivity contribution in [3.05, 3.63) is 0 Å². The topological polar surface area (TPSA) is 46.3 Å². The van der Waals surface area contributed by atoms with Crippen molar-refractivity contribution in [2.24, 2.45) is 23.0 Å². The van der Waals surface area contributed by atoms with Crippen LogP contribution in [0.25, 0.3) is 0 Å². The largest absolute Gasteiger partial charge is 0.339 e. The van der Waals surface area contributed by atoms with Crippen LogP contribution in [0.2, 0.25) is 0 Å². The molecule has 1 saturated carbocycles. The summed E-state index contributed by atoms with van der Waals surface area (Å²) < 4.78 is 0. The molecule has 3 nitrogen and oxygen atoms in total. The van der Waals surface area contributed by atoms with Gasteiger partial charge in [-0.1, -0.05) is 34.1 Å². The third-order valence-electron chi connectivity index (χ3n) is 5.37. The molecule has 116 valence electrons. The average Bonchev–Trinajstić information content (AvgIpc) is 2.34. The molecule has 0 aromatic carbocycles. The van der Waals surface area contributed by atoms with Gasteiger partial charge in [0.25, 0.3) is 0 Å². The van der Waals surface area contributed by atoms with E-state index in [1.165, 1.54) is 12.8 Å². The standard InChI is InChI=1S/C17H32N2O/c1-5-10-17(18)11-19(12-17)15(20)13-6-8-14(9-7-13)16(2,3)4/h13-14H,5-12,18H2,1-4H3. The molecule has 20 heavy (non-hydrogen) atoms. The molecule has 3 heteroatoms. The Hall–Kier alpha value is -0.570. The molecule has 1 saturated heterocycles. The summed E-state index contributed by atoms with van der Waals surface area (Å²) in [6.45, 7) is 10.7. The number of carbonyl (C=O) groups excluding carboxylic acids is 1. The summed E-state index contributed by atoms with van der Waals surface area (Å²) in [6, 6.07) is 0. The van der Waals surface area contributed by atoms with Gasteiger partial charge in [0.15, 0.2) is 0 Å². The van der Waals surface area contributed by atoms with E-state index in [4.69, 9.17) is 5.73 Å². The van der Waals surface area contributed by atoms with E-state index in [0.29, 0.717) is 11.3 Å². The quantitative estimate of drug-likeness (QED) is 0.863. The highest BCUT2D eigenvalue weighted by Crippen LogP contribution is 2.40. The summed E-state index contributed by atoms with van der Waals surface area (Å²) in [5.74, 6) is 1.41. The van der Waals surface area contributed by atoms with Crippen molar-refractivity contribution in [1.82, 2.24) is 4.90 Å². The zero-order valence-electron chi connectivity index (χ0n) is 13.7. The minimum atomic E-state index is -0.0903. The van der Waals surface area contributed by atoms with Gasteiger partial charge in [0.05, 0.1) is 5.54 Å². The zero-order valence-corrected chi connectivity index (χ0v) is 13.7. The van der Waals surface area contributed by atoms with Crippen LogP contribution in [0.5, 0.6) is 0 Å². The molecule has 2 fully saturated rings. The predicted octanol–water partition coefficient (Wildman–Crippen LogP) is 3.18. The number of nitrogens with two attached hydrogens (primary N) is 1. The second-order valence-corrected chi connectivity index (χ2v) is 8.22. The first kappa shape index (κ1) is 15.8. The molecule has 1 aliphatic heterocycles. The molecule has 0 aromatic rings. The highest BCUT2D eigenvalue weighted by molar-refractivity contribution is 5.80. The maximum absolute atomic E-state index is 12.5. The molecule has 0 spiro atoms. The Balaban J connectivity index is 1.79. The summed E-state index contributed by atoms with van der Waals surface area (Å²) in [7, 11) is 0. The smallest absolute Gasteiger partial charge is 0.225 e. The van der Waals surface area contributed by atoms with E-state index in [0.717, 1.165) is 44.7 Å². The molecule has 2 N–H and O–H groups in total. The fourth-order valence-electron chi connectivity index (χ4n) is 3.99. The van der Waals surface area contributed by atoms with Gasteiger partial charge < -0.3 is 10.6 Å². The van der Waals surface area contributed by atoms with Gasteiger partial charge in [0.2, 0.25) is 5.91 Å². The highest BCUT2D eigenvalue weighted by atomic mass is 16.2. The van der Waals surface area contributed by atoms with Crippen molar-refractivity contribution in [2.45, 2.75) is 71.8 Å². The molecule has 1 amide bonds. The molecule has 0 bridgehead atoms. The first-order valence-electron chi connectivity index (χ1n) is 8.33. The van der Waals surface area contributed by atoms with Crippen LogP contribution in [0.15, 0.2) is 0 Å². The van der Waals surface area contributed by atoms with E-state index in [9.17, 15) is 4.79 Å². The minimum Gasteiger partial charge on any atom is -0.339 e. The lowest BCUT2D eigenvalue weighted by Crippen LogP contribution is -2.69. The molecule has 1 heterocycles. The van der Waals surface area contributed by atoms with E-state index in [1.807, 2.05) is 4.90 Å². The maximum atomic E-state index is 12.5. The van der Waals surface area contributed by atoms with Gasteiger partial charge in [-0.05, 0) is 43.4 Å². The average molecular weight is 280 g/mol. The van der Waals surface area contributed by atoms with Crippen LogP contribution >= 0.6 is 0 Å². The second-order valence-electron chi connectivity index (χ2n) is 8.22. The van der Waals surface area contributed by atoms with Gasteiger partial charge in [0, 0.05) is 19.0 Å². The van der Waals surface area contributed by atoms with Gasteiger partial charge in [-0.15, -0.1) is 0 Å². The Labute approximate surface area is 124 Å². The van der Waals surface area contributed by atoms with Crippen molar-refractivity contribution in [3.8, 4) is 0 Å². The minimum absolute atomic E-state index is 0.0903. The van der Waals surface area contributed by atoms with Gasteiger partial charge in [-0.3, -0.25) is 4.79 Å². The number of hydrogen-bond acceptors (Lipinski definition) is 2. The fourth-order valence-corrected chi connectivity index (χ4v) is 3.99. The summed E-state index contributed by atoms with van der Waals surface area (Å²) in [6.07, 6.45) is 6.70. The number of rotatable bonds is 3. The van der Waals surface area contributed by atoms with Crippen LogP contribution in [0.3, 0.4) is 0 Å². The van der Waals surface area contributed by atoms with Crippen molar-refractivity contribution in [1.29, 1.82) is 0 Å². The first-order valence-corrected chi connectivity index (χ1v) is 8.33. The Morgan fingerprint density at radius 2 is 1.75 bits per heavy atom. The summed E-state index contributed by atoms with van der Waals surface area (Å²) in [4.78, 5) is 14.5. The van der Waals surface area contributed by atoms with Crippen molar-refractivity contribution >= 4 is 5.91 Å². The lowest BCUT2D eigenvalue weighted by Gasteiger charge is -2.49. The molecule has 1 aliphatic carbocycles. The Morgan fingerprint density at radius 3 is 2.20 bits per heavy atom. The van der Waals surface area contributed by atoms with Crippen molar-refractivity contribution in [3.63, 3.8) is 0 Å². The second kappa shape index (κ2) is 5.67. The van der Waals surface area contributed by atoms with Gasteiger partial charge >= 0.3 is 0 Å². The Bertz CT molecular complexity index is 344. The third-order valence-corrected chi connectivity index (χ3v) is 5.37. The molecular formula is C17H32N2O. The zero-order chi connectivity index (χ0) is 15.0. The van der Waals surface area contributed by atoms with Gasteiger partial charge in [0.1, 0.15) is 0 Å². The van der Waals surface area contributed by atoms with Crippen LogP contribution in [0.1, 0.15) is 66.2 Å². The summed E-state index contributed by atoms with van der Waals surface area (Å²) >= 11 is 0. The van der Waals surface area contributed by atoms with Crippen molar-refractivity contribution < 1.29 is 4.79 Å². The van der Waals surface area contributed by atoms with Crippen LogP contribution < -0.4 is 5.73 Å². The number of nitrogens with zero attached hydrogens (tertiary/aromatic N) is 1. The Kier molecular flexibility index (Phi) is 4.48.